The average Bonchev–Trinajstić information content (AvgIpc) is 2.38. The summed E-state index contributed by atoms with van der Waals surface area (Å²) in [5.74, 6) is 0.382. The van der Waals surface area contributed by atoms with Gasteiger partial charge in [0.05, 0.1) is 17.5 Å². The molecule has 2 aromatic rings. The number of aromatic nitrogens is 2. The van der Waals surface area contributed by atoms with Crippen molar-refractivity contribution >= 4 is 22.4 Å². The van der Waals surface area contributed by atoms with Crippen molar-refractivity contribution in [1.29, 1.82) is 0 Å². The quantitative estimate of drug-likeness (QED) is 0.521. The molecule has 0 aliphatic carbocycles. The Labute approximate surface area is 115 Å². The van der Waals surface area contributed by atoms with Gasteiger partial charge in [-0.25, -0.2) is 9.97 Å². The van der Waals surface area contributed by atoms with Crippen molar-refractivity contribution < 1.29 is 9.66 Å². The number of methoxy groups -OCH3 is 1. The number of fused-ring (bicyclic) bond motifs is 1. The fourth-order valence-corrected chi connectivity index (χ4v) is 2.09. The lowest BCUT2D eigenvalue weighted by atomic mass is 10.0. The van der Waals surface area contributed by atoms with Gasteiger partial charge in [-0.3, -0.25) is 10.1 Å². The van der Waals surface area contributed by atoms with Crippen molar-refractivity contribution in [2.45, 2.75) is 13.3 Å². The third-order valence-corrected chi connectivity index (χ3v) is 2.87. The van der Waals surface area contributed by atoms with Gasteiger partial charge in [0.15, 0.2) is 0 Å². The first-order chi connectivity index (χ1) is 9.45. The highest BCUT2D eigenvalue weighted by atomic mass is 16.6. The maximum atomic E-state index is 11.2. The van der Waals surface area contributed by atoms with Crippen LogP contribution in [0, 0.1) is 10.1 Å². The van der Waals surface area contributed by atoms with Gasteiger partial charge in [-0.1, -0.05) is 12.2 Å². The Morgan fingerprint density at radius 1 is 1.55 bits per heavy atom. The van der Waals surface area contributed by atoms with Crippen molar-refractivity contribution in [2.75, 3.05) is 12.8 Å². The molecule has 0 aliphatic rings. The maximum Gasteiger partial charge on any atom is 0.312 e. The molecule has 0 unspecified atom stereocenters. The largest absolute Gasteiger partial charge is 0.490 e. The number of allylic oxidation sites excluding steroid dienone is 1. The molecule has 20 heavy (non-hydrogen) atoms. The van der Waals surface area contributed by atoms with Crippen LogP contribution in [0.25, 0.3) is 10.9 Å². The Morgan fingerprint density at radius 2 is 2.25 bits per heavy atom. The number of nitrogen functional groups attached to an aromatic ring is 1. The van der Waals surface area contributed by atoms with Crippen LogP contribution in [0.5, 0.6) is 5.75 Å². The normalized spacial score (nSPS) is 10.5. The molecular formula is C13H14N4O3. The summed E-state index contributed by atoms with van der Waals surface area (Å²) in [5, 5.41) is 11.6. The zero-order valence-corrected chi connectivity index (χ0v) is 11.2. The molecule has 7 nitrogen and oxygen atoms in total. The minimum absolute atomic E-state index is 0.155. The van der Waals surface area contributed by atoms with Crippen LogP contribution < -0.4 is 10.5 Å². The summed E-state index contributed by atoms with van der Waals surface area (Å²) in [5.41, 5.74) is 7.60. The van der Waals surface area contributed by atoms with Gasteiger partial charge in [-0.15, -0.1) is 0 Å². The van der Waals surface area contributed by atoms with Crippen LogP contribution in [0.1, 0.15) is 12.5 Å². The van der Waals surface area contributed by atoms with Gasteiger partial charge in [0.2, 0.25) is 5.75 Å². The Morgan fingerprint density at radius 3 is 2.80 bits per heavy atom. The van der Waals surface area contributed by atoms with E-state index in [4.69, 9.17) is 10.5 Å². The predicted octanol–water partition coefficient (Wildman–Crippen LogP) is 2.25. The summed E-state index contributed by atoms with van der Waals surface area (Å²) in [7, 11) is 1.39. The van der Waals surface area contributed by atoms with Crippen LogP contribution in [0.2, 0.25) is 0 Å². The van der Waals surface area contributed by atoms with E-state index in [9.17, 15) is 10.1 Å². The molecule has 0 saturated carbocycles. The first kappa shape index (κ1) is 13.7. The van der Waals surface area contributed by atoms with E-state index in [0.717, 1.165) is 5.57 Å². The first-order valence-corrected chi connectivity index (χ1v) is 5.84. The zero-order valence-electron chi connectivity index (χ0n) is 11.2. The minimum Gasteiger partial charge on any atom is -0.490 e. The van der Waals surface area contributed by atoms with E-state index >= 15 is 0 Å². The van der Waals surface area contributed by atoms with Gasteiger partial charge in [0.25, 0.3) is 0 Å². The van der Waals surface area contributed by atoms with Crippen LogP contribution in [0.4, 0.5) is 11.5 Å². The summed E-state index contributed by atoms with van der Waals surface area (Å²) in [6.45, 7) is 5.66. The number of hydrogen-bond donors (Lipinski definition) is 1. The monoisotopic (exact) mass is 274 g/mol. The summed E-state index contributed by atoms with van der Waals surface area (Å²) in [4.78, 5) is 18.7. The van der Waals surface area contributed by atoms with Crippen molar-refractivity contribution in [3.05, 3.63) is 40.2 Å². The number of nitrogens with zero attached hydrogens (tertiary/aromatic N) is 3. The van der Waals surface area contributed by atoms with E-state index in [1.165, 1.54) is 19.5 Å². The summed E-state index contributed by atoms with van der Waals surface area (Å²) < 4.78 is 5.20. The average molecular weight is 274 g/mol. The molecule has 7 heteroatoms. The highest BCUT2D eigenvalue weighted by molar-refractivity contribution is 5.94. The fourth-order valence-electron chi connectivity index (χ4n) is 2.09. The third kappa shape index (κ3) is 2.25. The fraction of sp³-hybridized carbons (Fsp3) is 0.231. The summed E-state index contributed by atoms with van der Waals surface area (Å²) in [6, 6.07) is 1.34. The van der Waals surface area contributed by atoms with Gasteiger partial charge in [0, 0.05) is 17.0 Å². The summed E-state index contributed by atoms with van der Waals surface area (Å²) in [6.07, 6.45) is 1.74. The number of nitrogens with two attached hydrogens (primary N) is 1. The highest BCUT2D eigenvalue weighted by Gasteiger charge is 2.24. The number of nitro benzene ring substituents is 1. The molecule has 1 heterocycles. The van der Waals surface area contributed by atoms with Crippen LogP contribution in [0.3, 0.4) is 0 Å². The molecule has 1 aromatic carbocycles. The van der Waals surface area contributed by atoms with Crippen molar-refractivity contribution in [3.8, 4) is 5.75 Å². The second-order valence-electron chi connectivity index (χ2n) is 4.45. The molecular weight excluding hydrogens is 260 g/mol. The van der Waals surface area contributed by atoms with Gasteiger partial charge >= 0.3 is 5.69 Å². The van der Waals surface area contributed by atoms with Crippen LogP contribution in [-0.4, -0.2) is 22.0 Å². The molecule has 0 saturated heterocycles. The molecule has 0 spiro atoms. The number of benzene rings is 1. The third-order valence-electron chi connectivity index (χ3n) is 2.87. The SMILES string of the molecule is C=C(C)Cc1c(OC)c([N+](=O)[O-])cc2c(N)ncnc12. The van der Waals surface area contributed by atoms with E-state index in [2.05, 4.69) is 16.5 Å². The Hall–Kier alpha value is -2.70. The lowest BCUT2D eigenvalue weighted by Crippen LogP contribution is -2.03. The topological polar surface area (TPSA) is 104 Å². The molecule has 0 amide bonds. The number of hydrogen-bond acceptors (Lipinski definition) is 6. The molecule has 0 bridgehead atoms. The number of rotatable bonds is 4. The predicted molar refractivity (Wildman–Crippen MR) is 75.7 cm³/mol. The molecule has 104 valence electrons. The van der Waals surface area contributed by atoms with E-state index in [1.807, 2.05) is 6.92 Å². The lowest BCUT2D eigenvalue weighted by molar-refractivity contribution is -0.385. The van der Waals surface area contributed by atoms with Gasteiger partial charge in [-0.05, 0) is 13.3 Å². The van der Waals surface area contributed by atoms with Crippen LogP contribution in [-0.2, 0) is 6.42 Å². The molecule has 0 fully saturated rings. The molecule has 1 aromatic heterocycles. The molecule has 2 rings (SSSR count). The van der Waals surface area contributed by atoms with Crippen molar-refractivity contribution in [3.63, 3.8) is 0 Å². The Bertz CT molecular complexity index is 712. The minimum atomic E-state index is -0.507. The van der Waals surface area contributed by atoms with E-state index in [-0.39, 0.29) is 17.3 Å². The maximum absolute atomic E-state index is 11.2. The summed E-state index contributed by atoms with van der Waals surface area (Å²) >= 11 is 0. The number of ether oxygens (including phenoxy) is 1. The molecule has 2 N–H and O–H groups in total. The van der Waals surface area contributed by atoms with E-state index < -0.39 is 4.92 Å². The molecule has 0 atom stereocenters. The van der Waals surface area contributed by atoms with Gasteiger partial charge in [-0.2, -0.15) is 0 Å². The second kappa shape index (κ2) is 5.12. The van der Waals surface area contributed by atoms with Crippen LogP contribution in [0.15, 0.2) is 24.5 Å². The lowest BCUT2D eigenvalue weighted by Gasteiger charge is -2.12. The molecule has 0 aliphatic heterocycles. The second-order valence-corrected chi connectivity index (χ2v) is 4.45. The highest BCUT2D eigenvalue weighted by Crippen LogP contribution is 2.38. The van der Waals surface area contributed by atoms with Crippen molar-refractivity contribution in [2.24, 2.45) is 0 Å². The molecule has 0 radical (unpaired) electrons. The van der Waals surface area contributed by atoms with E-state index in [1.54, 1.807) is 0 Å². The van der Waals surface area contributed by atoms with Gasteiger partial charge in [0.1, 0.15) is 12.1 Å². The number of anilines is 1. The van der Waals surface area contributed by atoms with E-state index in [0.29, 0.717) is 22.9 Å². The Balaban J connectivity index is 2.91. The van der Waals surface area contributed by atoms with Crippen molar-refractivity contribution in [1.82, 2.24) is 9.97 Å². The smallest absolute Gasteiger partial charge is 0.312 e. The van der Waals surface area contributed by atoms with Gasteiger partial charge < -0.3 is 10.5 Å². The van der Waals surface area contributed by atoms with Crippen LogP contribution >= 0.6 is 0 Å². The zero-order chi connectivity index (χ0) is 14.9. The standard InChI is InChI=1S/C13H14N4O3/c1-7(2)4-8-11-9(13(14)16-6-15-11)5-10(17(18)19)12(8)20-3/h5-6H,1,4H2,2-3H3,(H2,14,15,16). The number of nitro groups is 1. The Kier molecular flexibility index (Phi) is 3.51. The first-order valence-electron chi connectivity index (χ1n) is 5.84.